The number of carbonyl (C=O) groups excluding carboxylic acids is 1. The molecule has 2 unspecified atom stereocenters. The van der Waals surface area contributed by atoms with Gasteiger partial charge < -0.3 is 4.90 Å². The molecule has 0 aromatic heterocycles. The second kappa shape index (κ2) is 8.82. The van der Waals surface area contributed by atoms with Gasteiger partial charge in [-0.15, -0.1) is 0 Å². The smallest absolute Gasteiger partial charge is 0.243 e. The number of rotatable bonds is 4. The molecule has 0 saturated carbocycles. The second-order valence-corrected chi connectivity index (χ2v) is 10.2. The van der Waals surface area contributed by atoms with Crippen LogP contribution in [0, 0.1) is 0 Å². The molecule has 1 amide bonds. The van der Waals surface area contributed by atoms with Gasteiger partial charge in [-0.05, 0) is 48.4 Å². The maximum Gasteiger partial charge on any atom is 0.243 e. The topological polar surface area (TPSA) is 81.8 Å². The zero-order valence-corrected chi connectivity index (χ0v) is 18.4. The van der Waals surface area contributed by atoms with Gasteiger partial charge >= 0.3 is 0 Å². The van der Waals surface area contributed by atoms with E-state index in [1.807, 2.05) is 24.3 Å². The van der Waals surface area contributed by atoms with Crippen LogP contribution in [-0.2, 0) is 14.8 Å². The monoisotopic (exact) mass is 468 g/mol. The molecule has 160 valence electrons. The summed E-state index contributed by atoms with van der Waals surface area (Å²) in [6, 6.07) is 13.3. The average Bonchev–Trinajstić information content (AvgIpc) is 3.24. The Morgan fingerprint density at radius 3 is 2.03 bits per heavy atom. The van der Waals surface area contributed by atoms with E-state index in [0.717, 1.165) is 5.56 Å². The van der Waals surface area contributed by atoms with Crippen LogP contribution < -0.4 is 10.9 Å². The summed E-state index contributed by atoms with van der Waals surface area (Å²) >= 11 is 11.8. The van der Waals surface area contributed by atoms with Crippen LogP contribution in [0.5, 0.6) is 0 Å². The Labute approximate surface area is 186 Å². The van der Waals surface area contributed by atoms with Crippen molar-refractivity contribution in [2.45, 2.75) is 23.4 Å². The number of hydrazine groups is 1. The Morgan fingerprint density at radius 1 is 0.867 bits per heavy atom. The normalized spacial score (nSPS) is 22.9. The molecule has 2 saturated heterocycles. The minimum atomic E-state index is -3.60. The predicted molar refractivity (Wildman–Crippen MR) is 116 cm³/mol. The van der Waals surface area contributed by atoms with Gasteiger partial charge in [0.05, 0.1) is 4.90 Å². The van der Waals surface area contributed by atoms with Gasteiger partial charge in [0.2, 0.25) is 15.9 Å². The van der Waals surface area contributed by atoms with Gasteiger partial charge in [0.25, 0.3) is 0 Å². The molecule has 2 atom stereocenters. The number of nitrogens with zero attached hydrogens (tertiary/aromatic N) is 2. The number of hydrogen-bond acceptors (Lipinski definition) is 5. The predicted octanol–water partition coefficient (Wildman–Crippen LogP) is 2.43. The molecule has 7 nitrogen and oxygen atoms in total. The number of halogens is 2. The summed E-state index contributed by atoms with van der Waals surface area (Å²) in [6.45, 7) is 1.24. The summed E-state index contributed by atoms with van der Waals surface area (Å²) in [7, 11) is -3.60. The maximum atomic E-state index is 12.9. The Balaban J connectivity index is 1.34. The van der Waals surface area contributed by atoms with Crippen molar-refractivity contribution in [1.82, 2.24) is 20.1 Å². The Hall–Kier alpha value is -1.68. The maximum absolute atomic E-state index is 12.9. The highest BCUT2D eigenvalue weighted by atomic mass is 35.5. The zero-order valence-electron chi connectivity index (χ0n) is 16.1. The number of benzene rings is 2. The molecule has 0 aliphatic carbocycles. The third-order valence-corrected chi connectivity index (χ3v) is 7.89. The summed E-state index contributed by atoms with van der Waals surface area (Å²) in [5.74, 6) is -0.0255. The van der Waals surface area contributed by atoms with E-state index in [2.05, 4.69) is 10.9 Å². The van der Waals surface area contributed by atoms with E-state index < -0.39 is 10.0 Å². The van der Waals surface area contributed by atoms with Crippen molar-refractivity contribution in [3.63, 3.8) is 0 Å². The number of piperazine rings is 1. The first-order valence-corrected chi connectivity index (χ1v) is 11.9. The lowest BCUT2D eigenvalue weighted by atomic mass is 10.0. The van der Waals surface area contributed by atoms with E-state index in [4.69, 9.17) is 23.2 Å². The number of carbonyl (C=O) groups is 1. The number of sulfonamides is 1. The van der Waals surface area contributed by atoms with E-state index in [1.54, 1.807) is 17.0 Å². The van der Waals surface area contributed by atoms with E-state index in [9.17, 15) is 13.2 Å². The van der Waals surface area contributed by atoms with Crippen LogP contribution in [0.2, 0.25) is 10.0 Å². The van der Waals surface area contributed by atoms with Gasteiger partial charge in [0, 0.05) is 42.3 Å². The summed E-state index contributed by atoms with van der Waals surface area (Å²) in [4.78, 5) is 14.8. The summed E-state index contributed by atoms with van der Waals surface area (Å²) < 4.78 is 27.0. The summed E-state index contributed by atoms with van der Waals surface area (Å²) in [6.07, 6.45) is 0.615. The molecule has 30 heavy (non-hydrogen) atoms. The minimum Gasteiger partial charge on any atom is -0.339 e. The molecule has 0 spiro atoms. The molecule has 10 heteroatoms. The van der Waals surface area contributed by atoms with E-state index >= 15 is 0 Å². The highest BCUT2D eigenvalue weighted by Gasteiger charge is 2.36. The Morgan fingerprint density at radius 2 is 1.43 bits per heavy atom. The van der Waals surface area contributed by atoms with Crippen LogP contribution in [0.1, 0.15) is 18.0 Å². The fourth-order valence-electron chi connectivity index (χ4n) is 3.76. The van der Waals surface area contributed by atoms with Crippen LogP contribution in [-0.4, -0.2) is 55.8 Å². The highest BCUT2D eigenvalue weighted by molar-refractivity contribution is 7.89. The Bertz CT molecular complexity index is 1010. The van der Waals surface area contributed by atoms with Crippen LogP contribution in [0.3, 0.4) is 0 Å². The lowest BCUT2D eigenvalue weighted by molar-refractivity contribution is -0.134. The number of nitrogens with one attached hydrogen (secondary N) is 2. The molecule has 4 rings (SSSR count). The van der Waals surface area contributed by atoms with Gasteiger partial charge in [0.1, 0.15) is 6.04 Å². The van der Waals surface area contributed by atoms with Crippen molar-refractivity contribution in [3.8, 4) is 0 Å². The molecule has 2 aliphatic rings. The van der Waals surface area contributed by atoms with Crippen molar-refractivity contribution < 1.29 is 13.2 Å². The minimum absolute atomic E-state index is 0.0165. The van der Waals surface area contributed by atoms with Crippen molar-refractivity contribution in [3.05, 3.63) is 64.1 Å². The van der Waals surface area contributed by atoms with E-state index in [-0.39, 0.29) is 36.0 Å². The van der Waals surface area contributed by atoms with Gasteiger partial charge in [-0.1, -0.05) is 35.3 Å². The van der Waals surface area contributed by atoms with Crippen molar-refractivity contribution in [2.24, 2.45) is 0 Å². The first-order valence-electron chi connectivity index (χ1n) is 9.65. The second-order valence-electron chi connectivity index (χ2n) is 7.36. The van der Waals surface area contributed by atoms with E-state index in [1.165, 1.54) is 16.4 Å². The molecule has 2 heterocycles. The zero-order chi connectivity index (χ0) is 21.3. The number of hydrogen-bond donors (Lipinski definition) is 2. The molecule has 2 aromatic carbocycles. The van der Waals surface area contributed by atoms with Crippen LogP contribution in [0.15, 0.2) is 53.4 Å². The van der Waals surface area contributed by atoms with Gasteiger partial charge in [-0.25, -0.2) is 19.3 Å². The molecule has 0 radical (unpaired) electrons. The fraction of sp³-hybridized carbons (Fsp3) is 0.350. The van der Waals surface area contributed by atoms with Gasteiger partial charge in [0.15, 0.2) is 0 Å². The van der Waals surface area contributed by atoms with Crippen LogP contribution in [0.4, 0.5) is 0 Å². The quantitative estimate of drug-likeness (QED) is 0.719. The molecular formula is C20H22Cl2N4O3S. The standard InChI is InChI=1S/C20H22Cl2N4O3S/c21-15-3-1-14(2-4-15)18-13-19(24-23-18)20(27)25-9-11-26(12-10-25)30(28,29)17-7-5-16(22)6-8-17/h1-8,18-19,23-24H,9-13H2. The third-order valence-electron chi connectivity index (χ3n) is 5.48. The summed E-state index contributed by atoms with van der Waals surface area (Å²) in [5, 5.41) is 1.16. The first-order chi connectivity index (χ1) is 14.3. The average molecular weight is 469 g/mol. The molecule has 2 N–H and O–H groups in total. The van der Waals surface area contributed by atoms with Crippen LogP contribution in [0.25, 0.3) is 0 Å². The lowest BCUT2D eigenvalue weighted by Crippen LogP contribution is -2.54. The van der Waals surface area contributed by atoms with E-state index in [0.29, 0.717) is 29.6 Å². The van der Waals surface area contributed by atoms with Crippen LogP contribution >= 0.6 is 23.2 Å². The third kappa shape index (κ3) is 4.49. The largest absolute Gasteiger partial charge is 0.339 e. The molecule has 0 bridgehead atoms. The van der Waals surface area contributed by atoms with Crippen molar-refractivity contribution >= 4 is 39.1 Å². The molecule has 2 fully saturated rings. The lowest BCUT2D eigenvalue weighted by Gasteiger charge is -2.35. The van der Waals surface area contributed by atoms with Gasteiger partial charge in [-0.3, -0.25) is 4.79 Å². The molecule has 2 aromatic rings. The molecule has 2 aliphatic heterocycles. The fourth-order valence-corrected chi connectivity index (χ4v) is 5.43. The highest BCUT2D eigenvalue weighted by Crippen LogP contribution is 2.25. The summed E-state index contributed by atoms with van der Waals surface area (Å²) in [5.41, 5.74) is 7.29. The van der Waals surface area contributed by atoms with Gasteiger partial charge in [-0.2, -0.15) is 4.31 Å². The number of amides is 1. The Kier molecular flexibility index (Phi) is 6.34. The first kappa shape index (κ1) is 21.5. The van der Waals surface area contributed by atoms with Crippen molar-refractivity contribution in [1.29, 1.82) is 0 Å². The van der Waals surface area contributed by atoms with Crippen molar-refractivity contribution in [2.75, 3.05) is 26.2 Å². The SMILES string of the molecule is O=C(C1CC(c2ccc(Cl)cc2)NN1)N1CCN(S(=O)(=O)c2ccc(Cl)cc2)CC1. The molecular weight excluding hydrogens is 447 g/mol.